The lowest BCUT2D eigenvalue weighted by molar-refractivity contribution is -0.384. The van der Waals surface area contributed by atoms with E-state index in [4.69, 9.17) is 0 Å². The summed E-state index contributed by atoms with van der Waals surface area (Å²) < 4.78 is 0. The zero-order chi connectivity index (χ0) is 14.5. The minimum Gasteiger partial charge on any atom is -0.379 e. The average Bonchev–Trinajstić information content (AvgIpc) is 3.27. The fraction of sp³-hybridized carbons (Fsp3) is 0.600. The highest BCUT2D eigenvalue weighted by molar-refractivity contribution is 5.66. The third kappa shape index (κ3) is 3.48. The molecule has 0 radical (unpaired) electrons. The highest BCUT2D eigenvalue weighted by Crippen LogP contribution is 2.33. The highest BCUT2D eigenvalue weighted by Gasteiger charge is 2.29. The van der Waals surface area contributed by atoms with E-state index in [2.05, 4.69) is 24.1 Å². The molecule has 1 N–H and O–H groups in total. The van der Waals surface area contributed by atoms with Gasteiger partial charge in [0.2, 0.25) is 0 Å². The van der Waals surface area contributed by atoms with Crippen molar-refractivity contribution in [3.8, 4) is 0 Å². The van der Waals surface area contributed by atoms with Crippen LogP contribution in [-0.2, 0) is 6.54 Å². The Hall–Kier alpha value is -1.62. The molecule has 0 unspecified atom stereocenters. The minimum atomic E-state index is -0.297. The number of hydrogen-bond donors (Lipinski definition) is 1. The first-order chi connectivity index (χ1) is 9.67. The molecule has 1 aromatic carbocycles. The van der Waals surface area contributed by atoms with Gasteiger partial charge >= 0.3 is 0 Å². The van der Waals surface area contributed by atoms with Crippen LogP contribution in [0.4, 0.5) is 11.4 Å². The summed E-state index contributed by atoms with van der Waals surface area (Å²) in [6, 6.07) is 6.02. The van der Waals surface area contributed by atoms with Crippen LogP contribution in [-0.4, -0.2) is 29.0 Å². The van der Waals surface area contributed by atoms with Gasteiger partial charge in [-0.25, -0.2) is 0 Å². The fourth-order valence-corrected chi connectivity index (χ4v) is 2.48. The summed E-state index contributed by atoms with van der Waals surface area (Å²) in [7, 11) is 0. The van der Waals surface area contributed by atoms with E-state index < -0.39 is 0 Å². The highest BCUT2D eigenvalue weighted by atomic mass is 16.6. The van der Waals surface area contributed by atoms with E-state index in [1.54, 1.807) is 12.1 Å². The van der Waals surface area contributed by atoms with Gasteiger partial charge in [0.05, 0.1) is 4.92 Å². The Morgan fingerprint density at radius 2 is 2.15 bits per heavy atom. The molecule has 0 aliphatic heterocycles. The third-order valence-electron chi connectivity index (χ3n) is 3.72. The standard InChI is InChI=1S/C15H23N3O2/c1-3-10-16-15-12(6-5-7-14(15)18(19)20)11-17(4-2)13-8-9-13/h5-7,13,16H,3-4,8-11H2,1-2H3. The SMILES string of the molecule is CCCNc1c(CN(CC)C2CC2)cccc1[N+](=O)[O-]. The molecule has 0 heterocycles. The number of hydrogen-bond acceptors (Lipinski definition) is 4. The summed E-state index contributed by atoms with van der Waals surface area (Å²) in [5.41, 5.74) is 1.91. The average molecular weight is 277 g/mol. The van der Waals surface area contributed by atoms with Crippen LogP contribution in [0.1, 0.15) is 38.7 Å². The van der Waals surface area contributed by atoms with Gasteiger partial charge in [-0.05, 0) is 31.4 Å². The van der Waals surface area contributed by atoms with Crippen LogP contribution < -0.4 is 5.32 Å². The molecular weight excluding hydrogens is 254 g/mol. The lowest BCUT2D eigenvalue weighted by Gasteiger charge is -2.21. The molecule has 20 heavy (non-hydrogen) atoms. The molecule has 0 bridgehead atoms. The number of nitro groups is 1. The summed E-state index contributed by atoms with van der Waals surface area (Å²) >= 11 is 0. The summed E-state index contributed by atoms with van der Waals surface area (Å²) in [6.45, 7) is 6.74. The predicted octanol–water partition coefficient (Wildman–Crippen LogP) is 3.40. The smallest absolute Gasteiger partial charge is 0.292 e. The predicted molar refractivity (Wildman–Crippen MR) is 81.0 cm³/mol. The Kier molecular flexibility index (Phi) is 4.95. The van der Waals surface area contributed by atoms with Gasteiger partial charge in [0.15, 0.2) is 0 Å². The number of nitro benzene ring substituents is 1. The molecule has 1 fully saturated rings. The molecule has 110 valence electrons. The molecule has 1 aliphatic carbocycles. The monoisotopic (exact) mass is 277 g/mol. The maximum atomic E-state index is 11.2. The van der Waals surface area contributed by atoms with Crippen molar-refractivity contribution in [1.82, 2.24) is 4.90 Å². The zero-order valence-electron chi connectivity index (χ0n) is 12.3. The van der Waals surface area contributed by atoms with E-state index in [0.29, 0.717) is 11.7 Å². The Morgan fingerprint density at radius 1 is 1.40 bits per heavy atom. The molecule has 2 rings (SSSR count). The lowest BCUT2D eigenvalue weighted by Crippen LogP contribution is -2.25. The van der Waals surface area contributed by atoms with Crippen molar-refractivity contribution in [1.29, 1.82) is 0 Å². The van der Waals surface area contributed by atoms with E-state index in [9.17, 15) is 10.1 Å². The number of anilines is 1. The Labute approximate surface area is 120 Å². The summed E-state index contributed by atoms with van der Waals surface area (Å²) in [4.78, 5) is 13.3. The van der Waals surface area contributed by atoms with Crippen LogP contribution in [0.2, 0.25) is 0 Å². The minimum absolute atomic E-state index is 0.183. The molecule has 5 nitrogen and oxygen atoms in total. The third-order valence-corrected chi connectivity index (χ3v) is 3.72. The quantitative estimate of drug-likeness (QED) is 0.584. The number of rotatable bonds is 8. The zero-order valence-corrected chi connectivity index (χ0v) is 12.3. The van der Waals surface area contributed by atoms with Crippen LogP contribution in [0.15, 0.2) is 18.2 Å². The number of nitrogens with zero attached hydrogens (tertiary/aromatic N) is 2. The van der Waals surface area contributed by atoms with Crippen LogP contribution in [0, 0.1) is 10.1 Å². The van der Waals surface area contributed by atoms with E-state index in [0.717, 1.165) is 31.6 Å². The molecule has 1 aromatic rings. The second kappa shape index (κ2) is 6.70. The Bertz CT molecular complexity index is 472. The van der Waals surface area contributed by atoms with Crippen molar-refractivity contribution in [2.75, 3.05) is 18.4 Å². The lowest BCUT2D eigenvalue weighted by atomic mass is 10.1. The van der Waals surface area contributed by atoms with Gasteiger partial charge in [0, 0.05) is 25.2 Å². The van der Waals surface area contributed by atoms with E-state index in [1.807, 2.05) is 6.07 Å². The molecule has 0 amide bonds. The van der Waals surface area contributed by atoms with Crippen molar-refractivity contribution in [3.05, 3.63) is 33.9 Å². The van der Waals surface area contributed by atoms with Crippen LogP contribution in [0.3, 0.4) is 0 Å². The molecule has 0 saturated heterocycles. The number of nitrogens with one attached hydrogen (secondary N) is 1. The van der Waals surface area contributed by atoms with Crippen molar-refractivity contribution < 1.29 is 4.92 Å². The van der Waals surface area contributed by atoms with E-state index in [1.165, 1.54) is 12.8 Å². The summed E-state index contributed by atoms with van der Waals surface area (Å²) in [6.07, 6.45) is 3.45. The number of para-hydroxylation sites is 1. The second-order valence-electron chi connectivity index (χ2n) is 5.29. The van der Waals surface area contributed by atoms with Crippen molar-refractivity contribution in [2.45, 2.75) is 45.7 Å². The van der Waals surface area contributed by atoms with Gasteiger partial charge in [0.1, 0.15) is 5.69 Å². The molecule has 0 atom stereocenters. The first kappa shape index (κ1) is 14.8. The maximum Gasteiger partial charge on any atom is 0.292 e. The van der Waals surface area contributed by atoms with Crippen LogP contribution >= 0.6 is 0 Å². The van der Waals surface area contributed by atoms with Gasteiger partial charge in [-0.15, -0.1) is 0 Å². The summed E-state index contributed by atoms with van der Waals surface area (Å²) in [5.74, 6) is 0. The number of benzene rings is 1. The summed E-state index contributed by atoms with van der Waals surface area (Å²) in [5, 5.41) is 14.4. The largest absolute Gasteiger partial charge is 0.379 e. The van der Waals surface area contributed by atoms with Gasteiger partial charge < -0.3 is 5.32 Å². The van der Waals surface area contributed by atoms with Crippen LogP contribution in [0.5, 0.6) is 0 Å². The molecule has 1 saturated carbocycles. The molecule has 0 aromatic heterocycles. The van der Waals surface area contributed by atoms with E-state index in [-0.39, 0.29) is 10.6 Å². The van der Waals surface area contributed by atoms with Crippen molar-refractivity contribution >= 4 is 11.4 Å². The van der Waals surface area contributed by atoms with Gasteiger partial charge in [-0.1, -0.05) is 26.0 Å². The van der Waals surface area contributed by atoms with Crippen molar-refractivity contribution in [3.63, 3.8) is 0 Å². The first-order valence-corrected chi connectivity index (χ1v) is 7.41. The fourth-order valence-electron chi connectivity index (χ4n) is 2.48. The molecule has 1 aliphatic rings. The van der Waals surface area contributed by atoms with Gasteiger partial charge in [-0.3, -0.25) is 15.0 Å². The van der Waals surface area contributed by atoms with Crippen molar-refractivity contribution in [2.24, 2.45) is 0 Å². The van der Waals surface area contributed by atoms with Crippen LogP contribution in [0.25, 0.3) is 0 Å². The Morgan fingerprint density at radius 3 is 2.70 bits per heavy atom. The second-order valence-corrected chi connectivity index (χ2v) is 5.29. The maximum absolute atomic E-state index is 11.2. The molecule has 5 heteroatoms. The molecule has 0 spiro atoms. The van der Waals surface area contributed by atoms with E-state index >= 15 is 0 Å². The van der Waals surface area contributed by atoms with Gasteiger partial charge in [0.25, 0.3) is 5.69 Å². The Balaban J connectivity index is 2.24. The topological polar surface area (TPSA) is 58.4 Å². The first-order valence-electron chi connectivity index (χ1n) is 7.41. The normalized spacial score (nSPS) is 14.6. The molecular formula is C15H23N3O2. The van der Waals surface area contributed by atoms with Gasteiger partial charge in [-0.2, -0.15) is 0 Å².